The van der Waals surface area contributed by atoms with E-state index < -0.39 is 17.7 Å². The van der Waals surface area contributed by atoms with E-state index in [9.17, 15) is 19.1 Å². The van der Waals surface area contributed by atoms with Crippen molar-refractivity contribution in [3.05, 3.63) is 101 Å². The fourth-order valence-corrected chi connectivity index (χ4v) is 4.27. The smallest absolute Gasteiger partial charge is 0.295 e. The van der Waals surface area contributed by atoms with E-state index in [1.165, 1.54) is 17.0 Å². The van der Waals surface area contributed by atoms with Gasteiger partial charge in [0.15, 0.2) is 0 Å². The third-order valence-electron chi connectivity index (χ3n) is 6.12. The number of benzene rings is 2. The summed E-state index contributed by atoms with van der Waals surface area (Å²) in [7, 11) is 0. The van der Waals surface area contributed by atoms with Crippen LogP contribution in [0.25, 0.3) is 5.76 Å². The molecule has 1 saturated heterocycles. The Morgan fingerprint density at radius 2 is 1.89 bits per heavy atom. The van der Waals surface area contributed by atoms with Gasteiger partial charge >= 0.3 is 0 Å². The summed E-state index contributed by atoms with van der Waals surface area (Å²) in [5.74, 6) is -0.971. The second-order valence-corrected chi connectivity index (χ2v) is 9.34. The van der Waals surface area contributed by atoms with E-state index in [1.54, 1.807) is 54.9 Å². The number of carbonyl (C=O) groups is 2. The van der Waals surface area contributed by atoms with Crippen LogP contribution < -0.4 is 4.74 Å². The summed E-state index contributed by atoms with van der Waals surface area (Å²) in [5, 5.41) is 11.3. The van der Waals surface area contributed by atoms with Gasteiger partial charge in [-0.15, -0.1) is 0 Å². The maximum absolute atomic E-state index is 13.3. The van der Waals surface area contributed by atoms with Gasteiger partial charge in [0.05, 0.1) is 18.2 Å². The average molecular weight is 489 g/mol. The number of ether oxygens (including phenoxy) is 1. The van der Waals surface area contributed by atoms with Crippen LogP contribution in [0.15, 0.2) is 72.6 Å². The van der Waals surface area contributed by atoms with Gasteiger partial charge in [-0.25, -0.2) is 4.39 Å². The van der Waals surface area contributed by atoms with Gasteiger partial charge in [0, 0.05) is 24.5 Å². The largest absolute Gasteiger partial charge is 0.507 e. The summed E-state index contributed by atoms with van der Waals surface area (Å²) in [6, 6.07) is 13.9. The number of halogens is 1. The molecule has 2 aromatic carbocycles. The van der Waals surface area contributed by atoms with E-state index in [0.29, 0.717) is 35.8 Å². The van der Waals surface area contributed by atoms with Crippen LogP contribution in [0.1, 0.15) is 42.1 Å². The summed E-state index contributed by atoms with van der Waals surface area (Å²) in [6.07, 6.45) is 3.61. The maximum Gasteiger partial charge on any atom is 0.295 e. The van der Waals surface area contributed by atoms with Crippen molar-refractivity contribution in [1.29, 1.82) is 0 Å². The van der Waals surface area contributed by atoms with E-state index in [-0.39, 0.29) is 23.7 Å². The highest BCUT2D eigenvalue weighted by Gasteiger charge is 2.46. The zero-order valence-electron chi connectivity index (χ0n) is 20.6. The van der Waals surface area contributed by atoms with Crippen molar-refractivity contribution in [3.63, 3.8) is 0 Å². The zero-order valence-corrected chi connectivity index (χ0v) is 20.6. The Labute approximate surface area is 210 Å². The Balaban J connectivity index is 1.71. The van der Waals surface area contributed by atoms with E-state index >= 15 is 0 Å². The van der Waals surface area contributed by atoms with Crippen molar-refractivity contribution in [2.24, 2.45) is 5.92 Å². The highest BCUT2D eigenvalue weighted by Crippen LogP contribution is 2.39. The molecule has 0 bridgehead atoms. The normalized spacial score (nSPS) is 17.1. The van der Waals surface area contributed by atoms with Gasteiger partial charge in [0.2, 0.25) is 0 Å². The van der Waals surface area contributed by atoms with E-state index in [1.807, 2.05) is 6.92 Å². The minimum absolute atomic E-state index is 0.0161. The first-order valence-corrected chi connectivity index (χ1v) is 11.9. The first-order chi connectivity index (χ1) is 17.3. The SMILES string of the molecule is Cc1cc(/C(O)=C2/C(=O)C(=O)N(CCc3ccc(F)cc3)C2c2cccnc2)ccc1OCC(C)C. The molecular weight excluding hydrogens is 459 g/mol. The molecule has 4 rings (SSSR count). The quantitative estimate of drug-likeness (QED) is 0.267. The molecule has 1 aliphatic heterocycles. The fraction of sp³-hybridized carbons (Fsp3) is 0.276. The van der Waals surface area contributed by atoms with Crippen molar-refractivity contribution in [2.75, 3.05) is 13.2 Å². The Morgan fingerprint density at radius 1 is 1.14 bits per heavy atom. The minimum Gasteiger partial charge on any atom is -0.507 e. The lowest BCUT2D eigenvalue weighted by Crippen LogP contribution is -2.31. The fourth-order valence-electron chi connectivity index (χ4n) is 4.27. The molecule has 1 amide bonds. The standard InChI is InChI=1S/C29H29FN2O4/c1-18(2)17-36-24-11-8-21(15-19(24)3)27(33)25-26(22-5-4-13-31-16-22)32(29(35)28(25)34)14-12-20-6-9-23(30)10-7-20/h4-11,13,15-16,18,26,33H,12,14,17H2,1-3H3/b27-25-. The summed E-state index contributed by atoms with van der Waals surface area (Å²) in [4.78, 5) is 31.9. The van der Waals surface area contributed by atoms with Crippen LogP contribution in [0, 0.1) is 18.7 Å². The number of pyridine rings is 1. The van der Waals surface area contributed by atoms with Crippen molar-refractivity contribution < 1.29 is 23.8 Å². The number of likely N-dealkylation sites (tertiary alicyclic amines) is 1. The Morgan fingerprint density at radius 3 is 2.53 bits per heavy atom. The van der Waals surface area contributed by atoms with Crippen molar-refractivity contribution >= 4 is 17.4 Å². The van der Waals surface area contributed by atoms with Gasteiger partial charge in [-0.3, -0.25) is 14.6 Å². The van der Waals surface area contributed by atoms with Crippen molar-refractivity contribution in [1.82, 2.24) is 9.88 Å². The molecule has 2 heterocycles. The van der Waals surface area contributed by atoms with E-state index in [0.717, 1.165) is 11.1 Å². The first kappa shape index (κ1) is 25.1. The van der Waals surface area contributed by atoms with Crippen LogP contribution in [-0.4, -0.2) is 39.8 Å². The number of hydrogen-bond acceptors (Lipinski definition) is 5. The summed E-state index contributed by atoms with van der Waals surface area (Å²) in [5.41, 5.74) is 2.70. The number of amides is 1. The monoisotopic (exact) mass is 488 g/mol. The third-order valence-corrected chi connectivity index (χ3v) is 6.12. The van der Waals surface area contributed by atoms with Crippen LogP contribution in [0.5, 0.6) is 5.75 Å². The summed E-state index contributed by atoms with van der Waals surface area (Å²) in [6.45, 7) is 6.76. The molecule has 36 heavy (non-hydrogen) atoms. The average Bonchev–Trinajstić information content (AvgIpc) is 3.12. The highest BCUT2D eigenvalue weighted by atomic mass is 19.1. The number of aliphatic hydroxyl groups is 1. The first-order valence-electron chi connectivity index (χ1n) is 11.9. The zero-order chi connectivity index (χ0) is 25.8. The van der Waals surface area contributed by atoms with Gasteiger partial charge in [-0.2, -0.15) is 0 Å². The Kier molecular flexibility index (Phi) is 7.48. The number of aliphatic hydroxyl groups excluding tert-OH is 1. The molecule has 0 saturated carbocycles. The molecule has 6 nitrogen and oxygen atoms in total. The van der Waals surface area contributed by atoms with Crippen LogP contribution in [0.3, 0.4) is 0 Å². The molecule has 3 aromatic rings. The van der Waals surface area contributed by atoms with Gasteiger partial charge in [-0.05, 0) is 72.4 Å². The molecular formula is C29H29FN2O4. The number of hydrogen-bond donors (Lipinski definition) is 1. The molecule has 0 spiro atoms. The van der Waals surface area contributed by atoms with Crippen molar-refractivity contribution in [2.45, 2.75) is 33.2 Å². The maximum atomic E-state index is 13.3. The van der Waals surface area contributed by atoms with Crippen molar-refractivity contribution in [3.8, 4) is 5.75 Å². The second-order valence-electron chi connectivity index (χ2n) is 9.34. The van der Waals surface area contributed by atoms with E-state index in [2.05, 4.69) is 18.8 Å². The second kappa shape index (κ2) is 10.7. The van der Waals surface area contributed by atoms with Gasteiger partial charge in [0.1, 0.15) is 17.3 Å². The molecule has 1 aromatic heterocycles. The predicted molar refractivity (Wildman–Crippen MR) is 135 cm³/mol. The molecule has 186 valence electrons. The topological polar surface area (TPSA) is 79.7 Å². The minimum atomic E-state index is -0.795. The molecule has 1 fully saturated rings. The Bertz CT molecular complexity index is 1290. The van der Waals surface area contributed by atoms with Gasteiger partial charge in [0.25, 0.3) is 11.7 Å². The lowest BCUT2D eigenvalue weighted by atomic mass is 9.95. The molecule has 1 atom stereocenters. The number of aryl methyl sites for hydroxylation is 1. The van der Waals surface area contributed by atoms with Crippen LogP contribution in [0.4, 0.5) is 4.39 Å². The van der Waals surface area contributed by atoms with Gasteiger partial charge < -0.3 is 14.7 Å². The number of Topliss-reactive ketones (excluding diaryl/α,β-unsaturated/α-hetero) is 1. The molecule has 1 aliphatic rings. The number of aromatic nitrogens is 1. The molecule has 1 N–H and O–H groups in total. The summed E-state index contributed by atoms with van der Waals surface area (Å²) < 4.78 is 19.1. The molecule has 0 radical (unpaired) electrons. The predicted octanol–water partition coefficient (Wildman–Crippen LogP) is 5.23. The molecule has 7 heteroatoms. The van der Waals surface area contributed by atoms with Crippen LogP contribution in [0.2, 0.25) is 0 Å². The lowest BCUT2D eigenvalue weighted by molar-refractivity contribution is -0.139. The number of carbonyl (C=O) groups excluding carboxylic acids is 2. The molecule has 1 unspecified atom stereocenters. The number of ketones is 1. The van der Waals surface area contributed by atoms with Gasteiger partial charge in [-0.1, -0.05) is 32.0 Å². The lowest BCUT2D eigenvalue weighted by Gasteiger charge is -2.25. The van der Waals surface area contributed by atoms with Crippen LogP contribution in [-0.2, 0) is 16.0 Å². The van der Waals surface area contributed by atoms with Crippen LogP contribution >= 0.6 is 0 Å². The molecule has 0 aliphatic carbocycles. The summed E-state index contributed by atoms with van der Waals surface area (Å²) >= 11 is 0. The number of nitrogens with zero attached hydrogens (tertiary/aromatic N) is 2. The number of rotatable bonds is 8. The van der Waals surface area contributed by atoms with E-state index in [4.69, 9.17) is 4.74 Å². The Hall–Kier alpha value is -4.00. The highest BCUT2D eigenvalue weighted by molar-refractivity contribution is 6.46. The third kappa shape index (κ3) is 5.30.